The first-order valence-corrected chi connectivity index (χ1v) is 8.26. The number of carbonyl (C=O) groups excluding carboxylic acids is 1. The van der Waals surface area contributed by atoms with Crippen LogP contribution < -0.4 is 0 Å². The fourth-order valence-electron chi connectivity index (χ4n) is 2.70. The summed E-state index contributed by atoms with van der Waals surface area (Å²) >= 11 is 0. The van der Waals surface area contributed by atoms with Gasteiger partial charge in [-0.1, -0.05) is 43.3 Å². The van der Waals surface area contributed by atoms with Crippen LogP contribution in [0.2, 0.25) is 0 Å². The number of nitrogens with zero attached hydrogens (tertiary/aromatic N) is 1. The zero-order chi connectivity index (χ0) is 17.5. The first-order chi connectivity index (χ1) is 11.6. The number of aryl methyl sites for hydroxylation is 1. The second kappa shape index (κ2) is 8.62. The van der Waals surface area contributed by atoms with Crippen molar-refractivity contribution in [2.75, 3.05) is 6.61 Å². The summed E-state index contributed by atoms with van der Waals surface area (Å²) in [5.74, 6) is -0.108. The van der Waals surface area contributed by atoms with Gasteiger partial charge in [0.1, 0.15) is 0 Å². The predicted molar refractivity (Wildman–Crippen MR) is 94.6 cm³/mol. The van der Waals surface area contributed by atoms with Crippen LogP contribution in [-0.4, -0.2) is 33.7 Å². The van der Waals surface area contributed by atoms with Crippen molar-refractivity contribution in [1.82, 2.24) is 4.90 Å². The highest BCUT2D eigenvalue weighted by atomic mass is 16.3. The monoisotopic (exact) mass is 327 g/mol. The van der Waals surface area contributed by atoms with Gasteiger partial charge in [-0.05, 0) is 42.2 Å². The molecule has 0 heterocycles. The second-order valence-electron chi connectivity index (χ2n) is 5.96. The molecule has 0 fully saturated rings. The molecule has 2 aromatic carbocycles. The van der Waals surface area contributed by atoms with Crippen molar-refractivity contribution in [3.63, 3.8) is 0 Å². The number of hydrogen-bond acceptors (Lipinski definition) is 3. The standard InChI is InChI=1S/C20H25NO3/c1-3-19(14-23)21(12-18-7-5-4-6-15(18)2)20(24)17-10-8-16(13-22)9-11-17/h4-11,19,22-23H,3,12-14H2,1-2H3/t19-/m0/s1. The van der Waals surface area contributed by atoms with Crippen molar-refractivity contribution in [2.24, 2.45) is 0 Å². The molecule has 0 bridgehead atoms. The van der Waals surface area contributed by atoms with E-state index in [9.17, 15) is 9.90 Å². The molecule has 0 spiro atoms. The van der Waals surface area contributed by atoms with E-state index in [1.165, 1.54) is 0 Å². The number of hydrogen-bond donors (Lipinski definition) is 2. The Balaban J connectivity index is 2.30. The van der Waals surface area contributed by atoms with E-state index in [4.69, 9.17) is 5.11 Å². The minimum absolute atomic E-state index is 0.0460. The molecular formula is C20H25NO3. The molecule has 128 valence electrons. The number of benzene rings is 2. The molecular weight excluding hydrogens is 302 g/mol. The molecule has 0 aromatic heterocycles. The molecule has 1 amide bonds. The highest BCUT2D eigenvalue weighted by molar-refractivity contribution is 5.94. The fourth-order valence-corrected chi connectivity index (χ4v) is 2.70. The van der Waals surface area contributed by atoms with E-state index in [0.717, 1.165) is 16.7 Å². The molecule has 0 aliphatic carbocycles. The Kier molecular flexibility index (Phi) is 6.53. The Hall–Kier alpha value is -2.17. The molecule has 0 unspecified atom stereocenters. The highest BCUT2D eigenvalue weighted by Gasteiger charge is 2.23. The van der Waals surface area contributed by atoms with Crippen molar-refractivity contribution in [2.45, 2.75) is 39.5 Å². The van der Waals surface area contributed by atoms with Crippen LogP contribution in [0.1, 0.15) is 40.4 Å². The molecule has 1 atom stereocenters. The van der Waals surface area contributed by atoms with Gasteiger partial charge in [-0.15, -0.1) is 0 Å². The smallest absolute Gasteiger partial charge is 0.254 e. The SMILES string of the molecule is CC[C@@H](CO)N(Cc1ccccc1C)C(=O)c1ccc(CO)cc1. The number of rotatable bonds is 7. The van der Waals surface area contributed by atoms with Gasteiger partial charge < -0.3 is 15.1 Å². The van der Waals surface area contributed by atoms with E-state index in [-0.39, 0.29) is 25.2 Å². The van der Waals surface area contributed by atoms with Gasteiger partial charge in [0.05, 0.1) is 19.3 Å². The molecule has 0 saturated carbocycles. The van der Waals surface area contributed by atoms with Crippen LogP contribution in [0.15, 0.2) is 48.5 Å². The number of aliphatic hydroxyl groups is 2. The van der Waals surface area contributed by atoms with E-state index in [1.54, 1.807) is 29.2 Å². The lowest BCUT2D eigenvalue weighted by molar-refractivity contribution is 0.0563. The summed E-state index contributed by atoms with van der Waals surface area (Å²) in [5, 5.41) is 18.8. The summed E-state index contributed by atoms with van der Waals surface area (Å²) in [7, 11) is 0. The third-order valence-electron chi connectivity index (χ3n) is 4.37. The lowest BCUT2D eigenvalue weighted by Crippen LogP contribution is -2.41. The normalized spacial score (nSPS) is 12.0. The topological polar surface area (TPSA) is 60.8 Å². The Morgan fingerprint density at radius 2 is 1.75 bits per heavy atom. The maximum Gasteiger partial charge on any atom is 0.254 e. The first kappa shape index (κ1) is 18.2. The van der Waals surface area contributed by atoms with E-state index < -0.39 is 0 Å². The van der Waals surface area contributed by atoms with E-state index >= 15 is 0 Å². The third kappa shape index (κ3) is 4.22. The van der Waals surface area contributed by atoms with Gasteiger partial charge in [0.2, 0.25) is 0 Å². The van der Waals surface area contributed by atoms with Gasteiger partial charge >= 0.3 is 0 Å². The second-order valence-corrected chi connectivity index (χ2v) is 5.96. The highest BCUT2D eigenvalue weighted by Crippen LogP contribution is 2.18. The lowest BCUT2D eigenvalue weighted by atomic mass is 10.0. The van der Waals surface area contributed by atoms with Crippen molar-refractivity contribution >= 4 is 5.91 Å². The minimum atomic E-state index is -0.227. The summed E-state index contributed by atoms with van der Waals surface area (Å²) in [5.41, 5.74) is 3.53. The van der Waals surface area contributed by atoms with Crippen molar-refractivity contribution < 1.29 is 15.0 Å². The Bertz CT molecular complexity index is 663. The Morgan fingerprint density at radius 3 is 2.29 bits per heavy atom. The summed E-state index contributed by atoms with van der Waals surface area (Å²) in [6.45, 7) is 4.34. The molecule has 4 heteroatoms. The minimum Gasteiger partial charge on any atom is -0.394 e. The summed E-state index contributed by atoms with van der Waals surface area (Å²) in [6.07, 6.45) is 0.683. The summed E-state index contributed by atoms with van der Waals surface area (Å²) < 4.78 is 0. The molecule has 4 nitrogen and oxygen atoms in total. The molecule has 2 N–H and O–H groups in total. The Labute approximate surface area is 143 Å². The van der Waals surface area contributed by atoms with Crippen LogP contribution in [-0.2, 0) is 13.2 Å². The van der Waals surface area contributed by atoms with Gasteiger partial charge in [-0.25, -0.2) is 0 Å². The van der Waals surface area contributed by atoms with Crippen LogP contribution in [0, 0.1) is 6.92 Å². The quantitative estimate of drug-likeness (QED) is 0.822. The molecule has 0 saturated heterocycles. The molecule has 2 rings (SSSR count). The molecule has 24 heavy (non-hydrogen) atoms. The van der Waals surface area contributed by atoms with Gasteiger partial charge in [-0.2, -0.15) is 0 Å². The van der Waals surface area contributed by atoms with Crippen LogP contribution in [0.5, 0.6) is 0 Å². The third-order valence-corrected chi connectivity index (χ3v) is 4.37. The zero-order valence-electron chi connectivity index (χ0n) is 14.3. The van der Waals surface area contributed by atoms with Crippen molar-refractivity contribution in [3.05, 3.63) is 70.8 Å². The van der Waals surface area contributed by atoms with E-state index in [0.29, 0.717) is 18.5 Å². The Morgan fingerprint density at radius 1 is 1.08 bits per heavy atom. The first-order valence-electron chi connectivity index (χ1n) is 8.26. The number of carbonyl (C=O) groups is 1. The van der Waals surface area contributed by atoms with E-state index in [1.807, 2.05) is 38.1 Å². The average molecular weight is 327 g/mol. The van der Waals surface area contributed by atoms with Gasteiger partial charge in [0.25, 0.3) is 5.91 Å². The van der Waals surface area contributed by atoms with Gasteiger partial charge in [0, 0.05) is 12.1 Å². The maximum absolute atomic E-state index is 13.0. The van der Waals surface area contributed by atoms with Crippen LogP contribution in [0.4, 0.5) is 0 Å². The molecule has 0 aliphatic rings. The van der Waals surface area contributed by atoms with Crippen LogP contribution in [0.3, 0.4) is 0 Å². The van der Waals surface area contributed by atoms with Crippen molar-refractivity contribution in [1.29, 1.82) is 0 Å². The summed E-state index contributed by atoms with van der Waals surface area (Å²) in [6, 6.07) is 14.7. The molecule has 0 aliphatic heterocycles. The largest absolute Gasteiger partial charge is 0.394 e. The number of amides is 1. The maximum atomic E-state index is 13.0. The molecule has 0 radical (unpaired) electrons. The van der Waals surface area contributed by atoms with Crippen LogP contribution in [0.25, 0.3) is 0 Å². The fraction of sp³-hybridized carbons (Fsp3) is 0.350. The number of aliphatic hydroxyl groups excluding tert-OH is 2. The lowest BCUT2D eigenvalue weighted by Gasteiger charge is -2.31. The van der Waals surface area contributed by atoms with Gasteiger partial charge in [0.15, 0.2) is 0 Å². The summed E-state index contributed by atoms with van der Waals surface area (Å²) in [4.78, 5) is 14.7. The van der Waals surface area contributed by atoms with Gasteiger partial charge in [-0.3, -0.25) is 4.79 Å². The van der Waals surface area contributed by atoms with E-state index in [2.05, 4.69) is 0 Å². The van der Waals surface area contributed by atoms with Crippen LogP contribution >= 0.6 is 0 Å². The molecule has 2 aromatic rings. The zero-order valence-corrected chi connectivity index (χ0v) is 14.3. The average Bonchev–Trinajstić information content (AvgIpc) is 2.63. The predicted octanol–water partition coefficient (Wildman–Crippen LogP) is 2.90. The van der Waals surface area contributed by atoms with Crippen molar-refractivity contribution in [3.8, 4) is 0 Å².